The van der Waals surface area contributed by atoms with Crippen molar-refractivity contribution in [2.75, 3.05) is 230 Å². The summed E-state index contributed by atoms with van der Waals surface area (Å²) >= 11 is 0. The van der Waals surface area contributed by atoms with Crippen LogP contribution in [0.2, 0.25) is 0 Å². The van der Waals surface area contributed by atoms with E-state index < -0.39 is 147 Å². The van der Waals surface area contributed by atoms with Crippen molar-refractivity contribution >= 4 is 142 Å². The number of nitriles is 6. The summed E-state index contributed by atoms with van der Waals surface area (Å²) < 4.78 is 94.6. The van der Waals surface area contributed by atoms with Crippen LogP contribution >= 0.6 is 0 Å². The van der Waals surface area contributed by atoms with Crippen molar-refractivity contribution in [3.63, 3.8) is 0 Å². The Morgan fingerprint density at radius 3 is 0.533 bits per heavy atom. The third-order valence-electron chi connectivity index (χ3n) is 24.4. The highest BCUT2D eigenvalue weighted by Gasteiger charge is 2.67. The lowest BCUT2D eigenvalue weighted by Gasteiger charge is -2.45. The smallest absolute Gasteiger partial charge is 0.348 e. The van der Waals surface area contributed by atoms with Crippen molar-refractivity contribution in [3.05, 3.63) is 212 Å². The first-order chi connectivity index (χ1) is 72.5. The van der Waals surface area contributed by atoms with E-state index in [0.29, 0.717) is 101 Å². The normalized spacial score (nSPS) is 19.2. The highest BCUT2D eigenvalue weighted by Crippen LogP contribution is 2.50. The van der Waals surface area contributed by atoms with Gasteiger partial charge in [-0.3, -0.25) is 28.8 Å². The Labute approximate surface area is 863 Å². The van der Waals surface area contributed by atoms with Crippen molar-refractivity contribution in [2.24, 2.45) is 35.5 Å². The number of carbonyl (C=O) groups is 12. The number of esters is 12. The van der Waals surface area contributed by atoms with Gasteiger partial charge in [0.15, 0.2) is 0 Å². The van der Waals surface area contributed by atoms with Gasteiger partial charge in [0.2, 0.25) is 0 Å². The van der Waals surface area contributed by atoms with Gasteiger partial charge in [0, 0.05) is 89.4 Å². The van der Waals surface area contributed by atoms with Crippen LogP contribution < -0.4 is 29.4 Å². The average Bonchev–Trinajstić information content (AvgIpc) is 1.55. The number of ether oxygens (including phenoxy) is 17. The molecule has 0 radical (unpaired) electrons. The third kappa shape index (κ3) is 33.7. The highest BCUT2D eigenvalue weighted by atomic mass is 16.6. The van der Waals surface area contributed by atoms with Crippen LogP contribution in [-0.2, 0) is 138 Å². The number of epoxide rings is 5. The van der Waals surface area contributed by atoms with Gasteiger partial charge in [-0.15, -0.1) is 0 Å². The minimum absolute atomic E-state index is 0.0526. The topological polar surface area (TPSA) is 561 Å². The second-order valence-corrected chi connectivity index (χ2v) is 35.2. The van der Waals surface area contributed by atoms with E-state index in [9.17, 15) is 65.4 Å². The van der Waals surface area contributed by atoms with Gasteiger partial charge in [-0.1, -0.05) is 72.8 Å². The fraction of sp³-hybridized carbons (Fsp3) is 0.389. The zero-order valence-electron chi connectivity index (χ0n) is 83.0. The lowest BCUT2D eigenvalue weighted by Crippen LogP contribution is -2.61. The van der Waals surface area contributed by atoms with E-state index in [2.05, 4.69) is 0 Å². The Kier molecular flexibility index (Phi) is 41.3. The molecule has 5 aliphatic heterocycles. The fourth-order valence-electron chi connectivity index (χ4n) is 15.3. The van der Waals surface area contributed by atoms with E-state index in [1.54, 1.807) is 217 Å². The molecule has 6 aromatic carbocycles. The molecule has 0 bridgehead atoms. The maximum absolute atomic E-state index is 16.5. The van der Waals surface area contributed by atoms with E-state index in [4.69, 9.17) is 80.5 Å². The van der Waals surface area contributed by atoms with Crippen molar-refractivity contribution in [1.82, 2.24) is 0 Å². The molecule has 6 aliphatic rings. The fourth-order valence-corrected chi connectivity index (χ4v) is 15.3. The molecule has 5 heterocycles. The molecule has 1 aliphatic carbocycles. The summed E-state index contributed by atoms with van der Waals surface area (Å²) in [5.41, 5.74) is 3.36. The summed E-state index contributed by atoms with van der Waals surface area (Å²) in [5, 5.41) is 69.0. The number of anilines is 6. The van der Waals surface area contributed by atoms with E-state index in [-0.39, 0.29) is 156 Å². The number of carbonyl (C=O) groups excluding carboxylic acids is 12. The first-order valence-electron chi connectivity index (χ1n) is 47.8. The van der Waals surface area contributed by atoms with E-state index in [1.807, 2.05) is 36.4 Å². The van der Waals surface area contributed by atoms with Gasteiger partial charge in [0.1, 0.15) is 173 Å². The Balaban J connectivity index is 0.936. The summed E-state index contributed by atoms with van der Waals surface area (Å²) in [7, 11) is 9.66. The maximum atomic E-state index is 16.5. The second-order valence-electron chi connectivity index (χ2n) is 35.2. The monoisotopic (exact) mass is 2050 g/mol. The first kappa shape index (κ1) is 112. The molecule has 42 heteroatoms. The molecule has 12 rings (SSSR count). The van der Waals surface area contributed by atoms with Crippen molar-refractivity contribution in [1.29, 1.82) is 31.6 Å². The SMILES string of the molecule is CN(CCOC(=O)C1C(C(=O)OCCN(C)c2ccc(/C=C(\C#N)C(=O)OCC3CO3)cc2)C(C(=O)OCCN(C)c2ccc(/C=C(\C#N)C(=O)OCC3CO3)cc2)C(C(=O)OCCN(C)c2ccc(/C=C(\C#N)C(=O)OCC3CO3)cc2)C(C(=O)OCCN(C)c2ccc(/C=C(\C#N)C(=O)OCC3CO3)cc2)C1C(=O)OCCN(C)c1ccc(/C=C(\C#N)C(=O)OCC2CO2)cc1)c1ccc(/C=C(\C#N)C(=O)OCCCO)cc1. The number of aliphatic hydroxyl groups is 1. The van der Waals surface area contributed by atoms with Crippen LogP contribution in [0.5, 0.6) is 0 Å². The summed E-state index contributed by atoms with van der Waals surface area (Å²) in [6.45, 7) is -3.52. The van der Waals surface area contributed by atoms with Crippen molar-refractivity contribution in [3.8, 4) is 36.4 Å². The summed E-state index contributed by atoms with van der Waals surface area (Å²) in [6.07, 6.45) is 6.63. The van der Waals surface area contributed by atoms with Gasteiger partial charge < -0.3 is 115 Å². The lowest BCUT2D eigenvalue weighted by atomic mass is 9.56. The number of hydrogen-bond donors (Lipinski definition) is 1. The van der Waals surface area contributed by atoms with Crippen LogP contribution in [0.15, 0.2) is 179 Å². The van der Waals surface area contributed by atoms with Crippen molar-refractivity contribution < 1.29 is 143 Å². The summed E-state index contributed by atoms with van der Waals surface area (Å²) in [4.78, 5) is 186. The Bertz CT molecular complexity index is 5530. The van der Waals surface area contributed by atoms with Gasteiger partial charge in [-0.25, -0.2) is 28.8 Å². The number of rotatable bonds is 55. The molecule has 0 aromatic heterocycles. The Morgan fingerprint density at radius 1 is 0.253 bits per heavy atom. The average molecular weight is 2060 g/mol. The Hall–Kier alpha value is -17.1. The van der Waals surface area contributed by atoms with Crippen LogP contribution in [0.3, 0.4) is 0 Å². The molecule has 42 nitrogen and oxygen atoms in total. The number of hydrogen-bond acceptors (Lipinski definition) is 42. The third-order valence-corrected chi connectivity index (χ3v) is 24.4. The van der Waals surface area contributed by atoms with E-state index in [0.717, 1.165) is 0 Å². The molecule has 5 saturated heterocycles. The molecular weight excluding hydrogens is 1950 g/mol. The summed E-state index contributed by atoms with van der Waals surface area (Å²) in [5.74, 6) is -28.5. The van der Waals surface area contributed by atoms with E-state index in [1.165, 1.54) is 36.5 Å². The molecule has 6 fully saturated rings. The highest BCUT2D eigenvalue weighted by molar-refractivity contribution is 6.03. The molecule has 1 saturated carbocycles. The van der Waals surface area contributed by atoms with Crippen molar-refractivity contribution in [2.45, 2.75) is 36.9 Å². The van der Waals surface area contributed by atoms with Crippen LogP contribution in [-0.4, -0.2) is 308 Å². The van der Waals surface area contributed by atoms with Crippen LogP contribution in [0.1, 0.15) is 39.8 Å². The molecule has 9 atom stereocenters. The van der Waals surface area contributed by atoms with Gasteiger partial charge >= 0.3 is 71.6 Å². The standard InChI is InChI=1S/C108H110N12O30/c1-115(80-20-8-68(9-21-80)46-74(52-109)97(122)134-39-7-38-121)32-40-135-103(128)91-92(104(129)136-41-33-116(2)81-22-10-69(11-23-81)47-75(53-110)98(123)146-63-86-58-141-86)94(106(131)138-43-35-118(4)83-26-14-71(15-27-83)49-77(55-112)100(125)148-65-88-60-143-88)96(108(133)140-45-37-120(6)85-30-18-73(19-31-85)51-79(57-114)102(127)150-67-90-62-145-90)95(107(132)139-44-36-119(5)84-28-16-72(17-29-84)50-78(56-113)101(126)149-66-89-61-144-89)93(91)105(130)137-42-34-117(3)82-24-12-70(13-25-82)48-76(54-111)99(124)147-64-87-59-142-87/h8-31,46-51,86-96,121H,7,32-45,58-67H2,1-6H3/b74-46+,75-47+,76-48+,77-49+,78-50+,79-51+. The van der Waals surface area contributed by atoms with Crippen LogP contribution in [0.25, 0.3) is 36.5 Å². The number of likely N-dealkylation sites (N-methyl/N-ethyl adjacent to an activating group) is 6. The molecule has 1 N–H and O–H groups in total. The number of aliphatic hydroxyl groups excluding tert-OH is 1. The molecule has 0 spiro atoms. The van der Waals surface area contributed by atoms with Gasteiger partial charge in [-0.2, -0.15) is 31.6 Å². The second kappa shape index (κ2) is 55.4. The van der Waals surface area contributed by atoms with Gasteiger partial charge in [0.25, 0.3) is 0 Å². The number of nitrogens with zero attached hydrogens (tertiary/aromatic N) is 12. The number of benzene rings is 6. The summed E-state index contributed by atoms with van der Waals surface area (Å²) in [6, 6.07) is 49.6. The zero-order valence-corrected chi connectivity index (χ0v) is 83.0. The molecule has 6 aromatic rings. The molecule has 0 amide bonds. The van der Waals surface area contributed by atoms with Crippen LogP contribution in [0, 0.1) is 103 Å². The predicted octanol–water partition coefficient (Wildman–Crippen LogP) is 6.85. The quantitative estimate of drug-likeness (QED) is 0.0102. The first-order valence-corrected chi connectivity index (χ1v) is 47.8. The van der Waals surface area contributed by atoms with E-state index >= 15 is 28.8 Å². The zero-order chi connectivity index (χ0) is 107. The van der Waals surface area contributed by atoms with Crippen LogP contribution in [0.4, 0.5) is 34.1 Å². The molecule has 150 heavy (non-hydrogen) atoms. The minimum Gasteiger partial charge on any atom is -0.464 e. The van der Waals surface area contributed by atoms with Gasteiger partial charge in [-0.05, 0) is 143 Å². The Morgan fingerprint density at radius 2 is 0.400 bits per heavy atom. The molecular formula is C108H110N12O30. The van der Waals surface area contributed by atoms with Gasteiger partial charge in [0.05, 0.1) is 114 Å². The lowest BCUT2D eigenvalue weighted by molar-refractivity contribution is -0.199. The minimum atomic E-state index is -2.43. The maximum Gasteiger partial charge on any atom is 0.348 e. The predicted molar refractivity (Wildman–Crippen MR) is 533 cm³/mol. The largest absolute Gasteiger partial charge is 0.464 e. The molecule has 9 unspecified atom stereocenters. The molecule has 782 valence electrons.